The molecule has 114 valence electrons. The summed E-state index contributed by atoms with van der Waals surface area (Å²) in [5.74, 6) is 0.824. The number of hydrogen-bond acceptors (Lipinski definition) is 4. The standard InChI is InChI=1S/C15H17N5OS/c1-8-16-13-11(14(21)17-8)12(18-15(22)19-13)9-4-6-10(7-5-9)20(2)3/h4-7,12,16H,1H2,2-3H3,(H,17,21)(H2,18,19,22). The lowest BCUT2D eigenvalue weighted by atomic mass is 9.95. The highest BCUT2D eigenvalue weighted by Crippen LogP contribution is 2.29. The number of nitrogens with zero attached hydrogens (tertiary/aromatic N) is 1. The Hall–Kier alpha value is -2.54. The van der Waals surface area contributed by atoms with Crippen LogP contribution >= 0.6 is 12.2 Å². The third kappa shape index (κ3) is 2.50. The molecule has 2 heterocycles. The number of hydrogen-bond donors (Lipinski definition) is 4. The van der Waals surface area contributed by atoms with Gasteiger partial charge in [-0.2, -0.15) is 0 Å². The van der Waals surface area contributed by atoms with E-state index in [1.165, 1.54) is 0 Å². The molecule has 4 N–H and O–H groups in total. The molecule has 0 spiro atoms. The molecule has 0 saturated heterocycles. The topological polar surface area (TPSA) is 68.4 Å². The van der Waals surface area contributed by atoms with Crippen LogP contribution < -0.4 is 26.2 Å². The first-order valence-corrected chi connectivity index (χ1v) is 7.23. The van der Waals surface area contributed by atoms with Crippen molar-refractivity contribution in [3.63, 3.8) is 0 Å². The molecule has 2 aliphatic rings. The number of carbonyl (C=O) groups is 1. The van der Waals surface area contributed by atoms with Gasteiger partial charge in [0.2, 0.25) is 0 Å². The maximum atomic E-state index is 12.3. The van der Waals surface area contributed by atoms with Gasteiger partial charge in [-0.05, 0) is 29.9 Å². The number of rotatable bonds is 2. The second kappa shape index (κ2) is 5.34. The predicted octanol–water partition coefficient (Wildman–Crippen LogP) is 0.674. The molecule has 0 saturated carbocycles. The smallest absolute Gasteiger partial charge is 0.258 e. The zero-order valence-electron chi connectivity index (χ0n) is 12.4. The largest absolute Gasteiger partial charge is 0.378 e. The highest BCUT2D eigenvalue weighted by molar-refractivity contribution is 7.80. The van der Waals surface area contributed by atoms with E-state index in [1.807, 2.05) is 43.3 Å². The Bertz CT molecular complexity index is 688. The number of anilines is 1. The number of thiocarbonyl (C=S) groups is 1. The Morgan fingerprint density at radius 2 is 1.82 bits per heavy atom. The Kier molecular flexibility index (Phi) is 3.50. The van der Waals surface area contributed by atoms with Crippen LogP contribution in [0, 0.1) is 0 Å². The van der Waals surface area contributed by atoms with Gasteiger partial charge in [0.1, 0.15) is 11.6 Å². The van der Waals surface area contributed by atoms with Crippen molar-refractivity contribution < 1.29 is 4.79 Å². The maximum Gasteiger partial charge on any atom is 0.258 e. The van der Waals surface area contributed by atoms with Gasteiger partial charge in [-0.1, -0.05) is 18.7 Å². The van der Waals surface area contributed by atoms with E-state index in [9.17, 15) is 4.79 Å². The van der Waals surface area contributed by atoms with Gasteiger partial charge >= 0.3 is 0 Å². The summed E-state index contributed by atoms with van der Waals surface area (Å²) < 4.78 is 0. The van der Waals surface area contributed by atoms with E-state index in [-0.39, 0.29) is 11.9 Å². The highest BCUT2D eigenvalue weighted by Gasteiger charge is 2.34. The zero-order valence-corrected chi connectivity index (χ0v) is 13.2. The van der Waals surface area contributed by atoms with Crippen molar-refractivity contribution in [1.29, 1.82) is 0 Å². The maximum absolute atomic E-state index is 12.3. The molecule has 1 atom stereocenters. The van der Waals surface area contributed by atoms with Crippen LogP contribution in [0.1, 0.15) is 11.6 Å². The number of benzene rings is 1. The van der Waals surface area contributed by atoms with Gasteiger partial charge in [0.05, 0.1) is 11.6 Å². The summed E-state index contributed by atoms with van der Waals surface area (Å²) in [5.41, 5.74) is 2.62. The molecule has 6 nitrogen and oxygen atoms in total. The molecular formula is C15H17N5OS. The van der Waals surface area contributed by atoms with E-state index in [0.29, 0.717) is 22.3 Å². The quantitative estimate of drug-likeness (QED) is 0.602. The first kappa shape index (κ1) is 14.4. The molecule has 0 radical (unpaired) electrons. The Balaban J connectivity index is 2.01. The second-order valence-electron chi connectivity index (χ2n) is 5.36. The first-order valence-electron chi connectivity index (χ1n) is 6.82. The molecule has 2 aliphatic heterocycles. The van der Waals surface area contributed by atoms with Crippen LogP contribution in [0.3, 0.4) is 0 Å². The summed E-state index contributed by atoms with van der Waals surface area (Å²) in [6.07, 6.45) is 0. The number of amides is 1. The monoisotopic (exact) mass is 315 g/mol. The van der Waals surface area contributed by atoms with Gasteiger partial charge in [-0.3, -0.25) is 4.79 Å². The Labute approximate surface area is 134 Å². The molecule has 1 amide bonds. The fourth-order valence-corrected chi connectivity index (χ4v) is 2.73. The highest BCUT2D eigenvalue weighted by atomic mass is 32.1. The molecule has 0 bridgehead atoms. The van der Waals surface area contributed by atoms with Crippen molar-refractivity contribution >= 4 is 28.9 Å². The van der Waals surface area contributed by atoms with Gasteiger partial charge in [0.25, 0.3) is 5.91 Å². The van der Waals surface area contributed by atoms with Gasteiger partial charge in [-0.25, -0.2) is 0 Å². The van der Waals surface area contributed by atoms with Gasteiger partial charge in [0.15, 0.2) is 5.11 Å². The van der Waals surface area contributed by atoms with E-state index in [1.54, 1.807) is 0 Å². The van der Waals surface area contributed by atoms with Crippen LogP contribution in [0.5, 0.6) is 0 Å². The van der Waals surface area contributed by atoms with Crippen LogP contribution in [0.25, 0.3) is 0 Å². The number of nitrogens with one attached hydrogen (secondary N) is 4. The first-order chi connectivity index (χ1) is 10.5. The van der Waals surface area contributed by atoms with Crippen LogP contribution in [0.15, 0.2) is 48.1 Å². The molecule has 1 aromatic rings. The van der Waals surface area contributed by atoms with Crippen LogP contribution in [0.4, 0.5) is 5.69 Å². The molecule has 3 rings (SSSR count). The zero-order chi connectivity index (χ0) is 15.9. The van der Waals surface area contributed by atoms with E-state index >= 15 is 0 Å². The van der Waals surface area contributed by atoms with Crippen molar-refractivity contribution in [2.75, 3.05) is 19.0 Å². The third-order valence-electron chi connectivity index (χ3n) is 3.60. The lowest BCUT2D eigenvalue weighted by Gasteiger charge is -2.35. The van der Waals surface area contributed by atoms with Crippen LogP contribution in [0.2, 0.25) is 0 Å². The molecule has 7 heteroatoms. The summed E-state index contributed by atoms with van der Waals surface area (Å²) in [6.45, 7) is 3.72. The summed E-state index contributed by atoms with van der Waals surface area (Å²) in [7, 11) is 3.97. The average molecular weight is 315 g/mol. The third-order valence-corrected chi connectivity index (χ3v) is 3.82. The predicted molar refractivity (Wildman–Crippen MR) is 89.8 cm³/mol. The van der Waals surface area contributed by atoms with Crippen LogP contribution in [-0.4, -0.2) is 25.1 Å². The SMILES string of the molecule is C=C1NC(=O)C2=C(N1)NC(=S)NC2c1ccc(N(C)C)cc1. The minimum Gasteiger partial charge on any atom is -0.378 e. The molecule has 0 aromatic heterocycles. The molecule has 1 unspecified atom stereocenters. The van der Waals surface area contributed by atoms with Gasteiger partial charge in [0, 0.05) is 19.8 Å². The summed E-state index contributed by atoms with van der Waals surface area (Å²) >= 11 is 5.23. The summed E-state index contributed by atoms with van der Waals surface area (Å²) in [4.78, 5) is 14.3. The molecule has 1 aromatic carbocycles. The fourth-order valence-electron chi connectivity index (χ4n) is 2.51. The second-order valence-corrected chi connectivity index (χ2v) is 5.77. The van der Waals surface area contributed by atoms with E-state index in [2.05, 4.69) is 27.8 Å². The summed E-state index contributed by atoms with van der Waals surface area (Å²) in [6, 6.07) is 7.69. The minimum atomic E-state index is -0.305. The fraction of sp³-hybridized carbons (Fsp3) is 0.200. The van der Waals surface area contributed by atoms with E-state index in [0.717, 1.165) is 11.3 Å². The molecule has 0 aliphatic carbocycles. The lowest BCUT2D eigenvalue weighted by molar-refractivity contribution is -0.117. The van der Waals surface area contributed by atoms with E-state index in [4.69, 9.17) is 12.2 Å². The van der Waals surface area contributed by atoms with Crippen molar-refractivity contribution in [1.82, 2.24) is 21.3 Å². The number of carbonyl (C=O) groups excluding carboxylic acids is 1. The molecule has 0 fully saturated rings. The summed E-state index contributed by atoms with van der Waals surface area (Å²) in [5, 5.41) is 12.3. The van der Waals surface area contributed by atoms with Crippen molar-refractivity contribution in [2.45, 2.75) is 6.04 Å². The minimum absolute atomic E-state index is 0.192. The average Bonchev–Trinajstić information content (AvgIpc) is 2.45. The van der Waals surface area contributed by atoms with Gasteiger partial charge < -0.3 is 26.2 Å². The van der Waals surface area contributed by atoms with Crippen molar-refractivity contribution in [3.8, 4) is 0 Å². The Morgan fingerprint density at radius 1 is 1.14 bits per heavy atom. The van der Waals surface area contributed by atoms with Crippen molar-refractivity contribution in [3.05, 3.63) is 53.6 Å². The lowest BCUT2D eigenvalue weighted by Crippen LogP contribution is -2.54. The van der Waals surface area contributed by atoms with Gasteiger partial charge in [-0.15, -0.1) is 0 Å². The van der Waals surface area contributed by atoms with E-state index < -0.39 is 0 Å². The molecule has 22 heavy (non-hydrogen) atoms. The normalized spacial score (nSPS) is 20.5. The molecular weight excluding hydrogens is 298 g/mol. The van der Waals surface area contributed by atoms with Crippen LogP contribution in [-0.2, 0) is 4.79 Å². The van der Waals surface area contributed by atoms with Crippen molar-refractivity contribution in [2.24, 2.45) is 0 Å². The Morgan fingerprint density at radius 3 is 2.45 bits per heavy atom.